The van der Waals surface area contributed by atoms with Crippen LogP contribution in [0.25, 0.3) is 0 Å². The summed E-state index contributed by atoms with van der Waals surface area (Å²) in [6, 6.07) is 0.741. The molecular formula is C64H124N2O4. The average molecular weight is 986 g/mol. The van der Waals surface area contributed by atoms with Crippen molar-refractivity contribution in [1.82, 2.24) is 0 Å². The minimum absolute atomic E-state index is 0.268. The number of unbranched alkanes of at least 4 members (excludes halogenated alkanes) is 28. The van der Waals surface area contributed by atoms with Crippen molar-refractivity contribution in [2.24, 2.45) is 47.0 Å². The summed E-state index contributed by atoms with van der Waals surface area (Å²) in [6.45, 7) is 12.9. The first-order chi connectivity index (χ1) is 34.5. The Balaban J connectivity index is 1.56. The summed E-state index contributed by atoms with van der Waals surface area (Å²) >= 11 is 0. The molecule has 0 amide bonds. The molecule has 0 aromatic carbocycles. The molecule has 0 aromatic heterocycles. The molecule has 4 fully saturated rings. The summed E-state index contributed by atoms with van der Waals surface area (Å²) < 4.78 is 29.4. The van der Waals surface area contributed by atoms with Gasteiger partial charge in [0, 0.05) is 38.5 Å². The van der Waals surface area contributed by atoms with Gasteiger partial charge in [-0.3, -0.25) is 0 Å². The SMILES string of the molecule is CCCCCCCCCCOC1CC(C2CC(OCCCCCCCCCC)C(C3CCC(N)CC3)CC2OCCCCCCCCCC)C(OCCCCCCCCCC)CC1C1CCC(N)CC1. The summed E-state index contributed by atoms with van der Waals surface area (Å²) in [5.74, 6) is 3.41. The van der Waals surface area contributed by atoms with Gasteiger partial charge in [-0.05, 0) is 138 Å². The van der Waals surface area contributed by atoms with Gasteiger partial charge in [-0.2, -0.15) is 0 Å². The van der Waals surface area contributed by atoms with Crippen molar-refractivity contribution in [3.05, 3.63) is 0 Å². The molecule has 0 aliphatic heterocycles. The maximum Gasteiger partial charge on any atom is 0.0611 e. The van der Waals surface area contributed by atoms with Crippen molar-refractivity contribution in [2.75, 3.05) is 26.4 Å². The van der Waals surface area contributed by atoms with Crippen molar-refractivity contribution in [1.29, 1.82) is 0 Å². The molecule has 6 nitrogen and oxygen atoms in total. The molecule has 0 aromatic rings. The fourth-order valence-electron chi connectivity index (χ4n) is 14.1. The minimum atomic E-state index is 0.268. The first-order valence-electron chi connectivity index (χ1n) is 32.5. The Hall–Kier alpha value is -0.240. The molecule has 4 aliphatic rings. The molecule has 70 heavy (non-hydrogen) atoms. The summed E-state index contributed by atoms with van der Waals surface area (Å²) in [6.07, 6.45) is 58.3. The van der Waals surface area contributed by atoms with E-state index < -0.39 is 0 Å². The van der Waals surface area contributed by atoms with Crippen molar-refractivity contribution in [3.8, 4) is 0 Å². The van der Waals surface area contributed by atoms with E-state index in [0.717, 1.165) is 52.1 Å². The number of hydrogen-bond acceptors (Lipinski definition) is 6. The number of ether oxygens (including phenoxy) is 4. The van der Waals surface area contributed by atoms with Crippen LogP contribution in [0, 0.1) is 35.5 Å². The molecule has 0 radical (unpaired) electrons. The van der Waals surface area contributed by atoms with Crippen LogP contribution in [0.1, 0.15) is 310 Å². The van der Waals surface area contributed by atoms with E-state index >= 15 is 0 Å². The summed E-state index contributed by atoms with van der Waals surface area (Å²) in [4.78, 5) is 0. The van der Waals surface area contributed by atoms with Crippen LogP contribution in [-0.4, -0.2) is 62.9 Å². The van der Waals surface area contributed by atoms with Crippen LogP contribution in [0.4, 0.5) is 0 Å². The predicted molar refractivity (Wildman–Crippen MR) is 302 cm³/mol. The Bertz CT molecular complexity index is 1070. The first-order valence-corrected chi connectivity index (χ1v) is 32.5. The quantitative estimate of drug-likeness (QED) is 0.0592. The van der Waals surface area contributed by atoms with Crippen molar-refractivity contribution in [2.45, 2.75) is 347 Å². The summed E-state index contributed by atoms with van der Waals surface area (Å²) in [7, 11) is 0. The van der Waals surface area contributed by atoms with Gasteiger partial charge < -0.3 is 30.4 Å². The maximum absolute atomic E-state index is 7.39. The Morgan fingerprint density at radius 2 is 0.457 bits per heavy atom. The third-order valence-electron chi connectivity index (χ3n) is 18.6. The highest BCUT2D eigenvalue weighted by Gasteiger charge is 2.51. The van der Waals surface area contributed by atoms with E-state index in [1.165, 1.54) is 257 Å². The zero-order valence-corrected chi connectivity index (χ0v) is 47.7. The molecule has 0 heterocycles. The third-order valence-corrected chi connectivity index (χ3v) is 18.6. The molecule has 4 rings (SSSR count). The lowest BCUT2D eigenvalue weighted by Crippen LogP contribution is -2.53. The second-order valence-corrected chi connectivity index (χ2v) is 24.5. The topological polar surface area (TPSA) is 89.0 Å². The number of rotatable bonds is 43. The predicted octanol–water partition coefficient (Wildman–Crippen LogP) is 18.2. The van der Waals surface area contributed by atoms with Gasteiger partial charge in [-0.25, -0.2) is 0 Å². The lowest BCUT2D eigenvalue weighted by Gasteiger charge is -2.52. The van der Waals surface area contributed by atoms with Gasteiger partial charge in [-0.15, -0.1) is 0 Å². The molecule has 0 saturated heterocycles. The van der Waals surface area contributed by atoms with Crippen LogP contribution in [0.3, 0.4) is 0 Å². The maximum atomic E-state index is 7.39. The van der Waals surface area contributed by atoms with Crippen LogP contribution in [-0.2, 0) is 18.9 Å². The summed E-state index contributed by atoms with van der Waals surface area (Å²) in [5.41, 5.74) is 13.2. The van der Waals surface area contributed by atoms with Crippen LogP contribution in [0.5, 0.6) is 0 Å². The molecule has 4 saturated carbocycles. The second kappa shape index (κ2) is 41.0. The van der Waals surface area contributed by atoms with E-state index in [0.29, 0.717) is 59.8 Å². The smallest absolute Gasteiger partial charge is 0.0611 e. The molecular weight excluding hydrogens is 861 g/mol. The van der Waals surface area contributed by atoms with Crippen molar-refractivity contribution >= 4 is 0 Å². The standard InChI is InChI=1S/C64H124N2O4/c1-5-9-13-17-21-25-29-33-45-67-61-51-59(63(49-57(61)53-37-41-55(65)42-38-53)69-47-35-31-27-23-19-15-11-7-3)60-52-62(68-46-34-30-26-22-18-14-10-6-2)58(54-39-43-56(66)44-40-54)50-64(60)70-48-36-32-28-24-20-16-12-8-4/h53-64H,5-52,65-66H2,1-4H3. The molecule has 414 valence electrons. The number of nitrogens with two attached hydrogens (primary N) is 2. The molecule has 8 atom stereocenters. The van der Waals surface area contributed by atoms with Gasteiger partial charge in [0.1, 0.15) is 0 Å². The Kier molecular flexibility index (Phi) is 36.5. The van der Waals surface area contributed by atoms with Crippen LogP contribution in [0.2, 0.25) is 0 Å². The van der Waals surface area contributed by atoms with Crippen LogP contribution in [0.15, 0.2) is 0 Å². The second-order valence-electron chi connectivity index (χ2n) is 24.5. The van der Waals surface area contributed by atoms with E-state index in [1.54, 1.807) is 0 Å². The Morgan fingerprint density at radius 3 is 0.700 bits per heavy atom. The normalized spacial score (nSPS) is 29.7. The Labute approximate surface area is 437 Å². The van der Waals surface area contributed by atoms with E-state index in [-0.39, 0.29) is 12.2 Å². The molecule has 6 heteroatoms. The van der Waals surface area contributed by atoms with Crippen molar-refractivity contribution in [3.63, 3.8) is 0 Å². The first kappa shape index (κ1) is 62.3. The Morgan fingerprint density at radius 1 is 0.257 bits per heavy atom. The number of hydrogen-bond donors (Lipinski definition) is 2. The van der Waals surface area contributed by atoms with E-state index in [9.17, 15) is 0 Å². The lowest BCUT2D eigenvalue weighted by molar-refractivity contribution is -0.169. The highest BCUT2D eigenvalue weighted by Crippen LogP contribution is 2.51. The lowest BCUT2D eigenvalue weighted by atomic mass is 9.60. The average Bonchev–Trinajstić information content (AvgIpc) is 3.37. The van der Waals surface area contributed by atoms with Gasteiger partial charge in [0.25, 0.3) is 0 Å². The zero-order chi connectivity index (χ0) is 49.7. The van der Waals surface area contributed by atoms with Gasteiger partial charge >= 0.3 is 0 Å². The van der Waals surface area contributed by atoms with Gasteiger partial charge in [-0.1, -0.05) is 207 Å². The highest BCUT2D eigenvalue weighted by atomic mass is 16.5. The molecule has 0 bridgehead atoms. The monoisotopic (exact) mass is 985 g/mol. The van der Waals surface area contributed by atoms with E-state index in [1.807, 2.05) is 0 Å². The minimum Gasteiger partial charge on any atom is -0.378 e. The molecule has 4 aliphatic carbocycles. The van der Waals surface area contributed by atoms with Gasteiger partial charge in [0.15, 0.2) is 0 Å². The third kappa shape index (κ3) is 26.0. The van der Waals surface area contributed by atoms with Crippen LogP contribution < -0.4 is 11.5 Å². The molecule has 0 spiro atoms. The van der Waals surface area contributed by atoms with Gasteiger partial charge in [0.05, 0.1) is 24.4 Å². The van der Waals surface area contributed by atoms with E-state index in [4.69, 9.17) is 30.4 Å². The molecule has 8 unspecified atom stereocenters. The fraction of sp³-hybridized carbons (Fsp3) is 1.00. The van der Waals surface area contributed by atoms with Crippen LogP contribution >= 0.6 is 0 Å². The zero-order valence-electron chi connectivity index (χ0n) is 47.7. The van der Waals surface area contributed by atoms with Gasteiger partial charge in [0.2, 0.25) is 0 Å². The largest absolute Gasteiger partial charge is 0.378 e. The molecule has 4 N–H and O–H groups in total. The van der Waals surface area contributed by atoms with Crippen molar-refractivity contribution < 1.29 is 18.9 Å². The van der Waals surface area contributed by atoms with E-state index in [2.05, 4.69) is 27.7 Å². The summed E-state index contributed by atoms with van der Waals surface area (Å²) in [5, 5.41) is 0. The highest BCUT2D eigenvalue weighted by molar-refractivity contribution is 5.01. The fourth-order valence-corrected chi connectivity index (χ4v) is 14.1.